The maximum Gasteiger partial charge on any atom is 0.358 e. The minimum absolute atomic E-state index is 0.0259. The number of aromatic nitrogens is 1. The number of aryl methyl sites for hydroxylation is 1. The Kier molecular flexibility index (Phi) is 5.19. The van der Waals surface area contributed by atoms with Crippen LogP contribution in [0.25, 0.3) is 11.0 Å². The van der Waals surface area contributed by atoms with Gasteiger partial charge in [0.15, 0.2) is 10.8 Å². The number of benzene rings is 1. The molecule has 3 aromatic rings. The standard InChI is InChI=1S/C17H11Cl3N2O5/c1-6-9(23)3-2-8-7(4-10(24)27-15(6)8)5-26-17(25)14-11(18)13(21)12(19)16(20)22-14/h2-4,23H,5H2,1H3,(H2,21,22). The SMILES string of the molecule is Cc1c(O)ccc2c(COC(=O)c3nc(Cl)c(Cl)c(N)c3Cl)cc(=O)oc12. The van der Waals surface area contributed by atoms with E-state index in [-0.39, 0.29) is 44.5 Å². The number of nitrogens with two attached hydrogens (primary N) is 1. The van der Waals surface area contributed by atoms with E-state index in [1.807, 2.05) is 0 Å². The molecule has 27 heavy (non-hydrogen) atoms. The van der Waals surface area contributed by atoms with Gasteiger partial charge in [-0.25, -0.2) is 14.6 Å². The second-order valence-electron chi connectivity index (χ2n) is 5.55. The lowest BCUT2D eigenvalue weighted by Gasteiger charge is -2.11. The molecule has 10 heteroatoms. The molecule has 1 aromatic carbocycles. The molecule has 0 fully saturated rings. The van der Waals surface area contributed by atoms with E-state index in [1.165, 1.54) is 12.1 Å². The number of fused-ring (bicyclic) bond motifs is 1. The van der Waals surface area contributed by atoms with Crippen LogP contribution in [0.4, 0.5) is 5.69 Å². The van der Waals surface area contributed by atoms with Crippen LogP contribution >= 0.6 is 34.8 Å². The summed E-state index contributed by atoms with van der Waals surface area (Å²) in [6.45, 7) is 1.32. The molecule has 0 unspecified atom stereocenters. The van der Waals surface area contributed by atoms with Crippen molar-refractivity contribution in [1.29, 1.82) is 0 Å². The molecule has 0 saturated heterocycles. The van der Waals surface area contributed by atoms with Crippen LogP contribution in [0, 0.1) is 6.92 Å². The molecule has 0 amide bonds. The number of halogens is 3. The van der Waals surface area contributed by atoms with Crippen molar-refractivity contribution in [1.82, 2.24) is 4.98 Å². The van der Waals surface area contributed by atoms with E-state index in [9.17, 15) is 14.7 Å². The predicted octanol–water partition coefficient (Wildman–Crippen LogP) is 4.10. The predicted molar refractivity (Wildman–Crippen MR) is 102 cm³/mol. The average molecular weight is 430 g/mol. The van der Waals surface area contributed by atoms with E-state index in [0.29, 0.717) is 16.5 Å². The monoisotopic (exact) mass is 428 g/mol. The Morgan fingerprint density at radius 2 is 2.00 bits per heavy atom. The molecule has 0 aliphatic heterocycles. The molecule has 140 valence electrons. The van der Waals surface area contributed by atoms with Crippen molar-refractivity contribution in [3.05, 3.63) is 60.6 Å². The highest BCUT2D eigenvalue weighted by atomic mass is 35.5. The molecule has 0 saturated carbocycles. The molecular formula is C17H11Cl3N2O5. The van der Waals surface area contributed by atoms with Crippen molar-refractivity contribution >= 4 is 57.4 Å². The summed E-state index contributed by atoms with van der Waals surface area (Å²) in [7, 11) is 0. The van der Waals surface area contributed by atoms with E-state index in [1.54, 1.807) is 13.0 Å². The fraction of sp³-hybridized carbons (Fsp3) is 0.118. The number of rotatable bonds is 3. The van der Waals surface area contributed by atoms with Crippen LogP contribution in [-0.2, 0) is 11.3 Å². The molecule has 0 aliphatic rings. The van der Waals surface area contributed by atoms with Crippen molar-refractivity contribution in [2.24, 2.45) is 0 Å². The third kappa shape index (κ3) is 3.53. The van der Waals surface area contributed by atoms with Crippen molar-refractivity contribution in [2.45, 2.75) is 13.5 Å². The molecule has 3 rings (SSSR count). The summed E-state index contributed by atoms with van der Waals surface area (Å²) in [6, 6.07) is 4.18. The average Bonchev–Trinajstić information content (AvgIpc) is 2.64. The highest BCUT2D eigenvalue weighted by Gasteiger charge is 2.21. The van der Waals surface area contributed by atoms with Gasteiger partial charge in [0.2, 0.25) is 0 Å². The number of phenols is 1. The number of phenolic OH excluding ortho intramolecular Hbond substituents is 1. The number of aromatic hydroxyl groups is 1. The second kappa shape index (κ2) is 7.26. The lowest BCUT2D eigenvalue weighted by atomic mass is 10.1. The number of esters is 1. The summed E-state index contributed by atoms with van der Waals surface area (Å²) in [5.41, 5.74) is 5.59. The number of anilines is 1. The Labute approximate surface area is 167 Å². The molecule has 7 nitrogen and oxygen atoms in total. The highest BCUT2D eigenvalue weighted by Crippen LogP contribution is 2.35. The summed E-state index contributed by atoms with van der Waals surface area (Å²) in [5, 5.41) is 9.82. The highest BCUT2D eigenvalue weighted by molar-refractivity contribution is 6.46. The van der Waals surface area contributed by atoms with E-state index < -0.39 is 11.6 Å². The Bertz CT molecular complexity index is 1140. The van der Waals surface area contributed by atoms with Gasteiger partial charge in [-0.3, -0.25) is 0 Å². The topological polar surface area (TPSA) is 116 Å². The van der Waals surface area contributed by atoms with Gasteiger partial charge in [-0.1, -0.05) is 34.8 Å². The van der Waals surface area contributed by atoms with Gasteiger partial charge in [-0.15, -0.1) is 0 Å². The summed E-state index contributed by atoms with van der Waals surface area (Å²) < 4.78 is 10.3. The zero-order valence-electron chi connectivity index (χ0n) is 13.7. The molecule has 3 N–H and O–H groups in total. The van der Waals surface area contributed by atoms with Gasteiger partial charge in [0.05, 0.1) is 10.7 Å². The van der Waals surface area contributed by atoms with E-state index in [4.69, 9.17) is 49.7 Å². The van der Waals surface area contributed by atoms with E-state index in [2.05, 4.69) is 4.98 Å². The minimum Gasteiger partial charge on any atom is -0.508 e. The van der Waals surface area contributed by atoms with Crippen LogP contribution in [0.15, 0.2) is 27.4 Å². The quantitative estimate of drug-likeness (QED) is 0.366. The second-order valence-corrected chi connectivity index (χ2v) is 6.66. The lowest BCUT2D eigenvalue weighted by molar-refractivity contribution is 0.0467. The molecular weight excluding hydrogens is 419 g/mol. The van der Waals surface area contributed by atoms with Gasteiger partial charge in [0, 0.05) is 22.6 Å². The molecule has 0 radical (unpaired) electrons. The number of hydrogen-bond acceptors (Lipinski definition) is 7. The van der Waals surface area contributed by atoms with Crippen LogP contribution in [0.1, 0.15) is 21.6 Å². The minimum atomic E-state index is -0.901. The van der Waals surface area contributed by atoms with Crippen LogP contribution in [0.5, 0.6) is 5.75 Å². The van der Waals surface area contributed by atoms with Gasteiger partial charge in [-0.05, 0) is 19.1 Å². The maximum absolute atomic E-state index is 12.3. The molecule has 0 aliphatic carbocycles. The molecule has 0 spiro atoms. The van der Waals surface area contributed by atoms with Gasteiger partial charge in [0.25, 0.3) is 0 Å². The zero-order valence-corrected chi connectivity index (χ0v) is 15.9. The van der Waals surface area contributed by atoms with Gasteiger partial charge < -0.3 is 20.0 Å². The third-order valence-corrected chi connectivity index (χ3v) is 4.98. The molecule has 2 aromatic heterocycles. The molecule has 0 bridgehead atoms. The largest absolute Gasteiger partial charge is 0.508 e. The van der Waals surface area contributed by atoms with Gasteiger partial charge in [0.1, 0.15) is 23.0 Å². The first-order valence-corrected chi connectivity index (χ1v) is 8.56. The first kappa shape index (κ1) is 19.3. The van der Waals surface area contributed by atoms with Crippen LogP contribution in [0.2, 0.25) is 15.2 Å². The smallest absolute Gasteiger partial charge is 0.358 e. The van der Waals surface area contributed by atoms with Crippen molar-refractivity contribution in [2.75, 3.05) is 5.73 Å². The first-order valence-electron chi connectivity index (χ1n) is 7.43. The summed E-state index contributed by atoms with van der Waals surface area (Å²) in [5.74, 6) is -0.927. The number of pyridine rings is 1. The zero-order chi connectivity index (χ0) is 19.9. The van der Waals surface area contributed by atoms with Crippen molar-refractivity contribution < 1.29 is 19.1 Å². The van der Waals surface area contributed by atoms with Gasteiger partial charge >= 0.3 is 11.6 Å². The normalized spacial score (nSPS) is 11.0. The Morgan fingerprint density at radius 1 is 1.30 bits per heavy atom. The van der Waals surface area contributed by atoms with Crippen LogP contribution < -0.4 is 11.4 Å². The van der Waals surface area contributed by atoms with Crippen molar-refractivity contribution in [3.8, 4) is 5.75 Å². The third-order valence-electron chi connectivity index (χ3n) is 3.84. The number of hydrogen-bond donors (Lipinski definition) is 2. The Morgan fingerprint density at radius 3 is 2.70 bits per heavy atom. The van der Waals surface area contributed by atoms with Crippen LogP contribution in [-0.4, -0.2) is 16.1 Å². The fourth-order valence-electron chi connectivity index (χ4n) is 2.41. The number of nitrogen functional groups attached to an aromatic ring is 1. The number of carbonyl (C=O) groups is 1. The summed E-state index contributed by atoms with van der Waals surface area (Å²) in [4.78, 5) is 27.9. The van der Waals surface area contributed by atoms with Crippen LogP contribution in [0.3, 0.4) is 0 Å². The summed E-state index contributed by atoms with van der Waals surface area (Å²) >= 11 is 17.6. The van der Waals surface area contributed by atoms with E-state index >= 15 is 0 Å². The number of carbonyl (C=O) groups excluding carboxylic acids is 1. The Balaban J connectivity index is 1.95. The summed E-state index contributed by atoms with van der Waals surface area (Å²) in [6.07, 6.45) is 0. The molecule has 2 heterocycles. The maximum atomic E-state index is 12.3. The first-order chi connectivity index (χ1) is 12.7. The van der Waals surface area contributed by atoms with Crippen molar-refractivity contribution in [3.63, 3.8) is 0 Å². The van der Waals surface area contributed by atoms with Gasteiger partial charge in [-0.2, -0.15) is 0 Å². The Hall–Kier alpha value is -2.48. The fourth-order valence-corrected chi connectivity index (χ4v) is 3.00. The van der Waals surface area contributed by atoms with E-state index in [0.717, 1.165) is 0 Å². The molecule has 0 atom stereocenters. The number of ether oxygens (including phenoxy) is 1. The number of nitrogens with zero attached hydrogens (tertiary/aromatic N) is 1. The lowest BCUT2D eigenvalue weighted by Crippen LogP contribution is -2.11.